The number of carbonyl (C=O) groups is 2. The molecule has 94 valence electrons. The summed E-state index contributed by atoms with van der Waals surface area (Å²) in [6, 6.07) is -0.858. The van der Waals surface area contributed by atoms with Crippen LogP contribution in [0, 0.1) is 0 Å². The zero-order valence-corrected chi connectivity index (χ0v) is 9.82. The maximum absolute atomic E-state index is 11.3. The standard InChI is InChI=1S/C10H21N3O3/c1-10(2,12)6-8(14)13-5-3-4-7(11)9(15)16/h7H,3-6,11-12H2,1-2H3,(H,13,14)(H,15,16). The number of hydrogen-bond donors (Lipinski definition) is 4. The fourth-order valence-electron chi connectivity index (χ4n) is 1.15. The van der Waals surface area contributed by atoms with Crippen LogP contribution in [0.2, 0.25) is 0 Å². The summed E-state index contributed by atoms with van der Waals surface area (Å²) in [5.41, 5.74) is 10.4. The molecule has 1 atom stereocenters. The highest BCUT2D eigenvalue weighted by molar-refractivity contribution is 5.77. The first-order chi connectivity index (χ1) is 7.22. The van der Waals surface area contributed by atoms with Crippen molar-refractivity contribution in [3.05, 3.63) is 0 Å². The minimum atomic E-state index is -1.02. The van der Waals surface area contributed by atoms with Gasteiger partial charge in [-0.1, -0.05) is 0 Å². The Kier molecular flexibility index (Phi) is 5.98. The van der Waals surface area contributed by atoms with Gasteiger partial charge in [0.05, 0.1) is 0 Å². The van der Waals surface area contributed by atoms with E-state index in [1.54, 1.807) is 13.8 Å². The fraction of sp³-hybridized carbons (Fsp3) is 0.800. The van der Waals surface area contributed by atoms with Gasteiger partial charge in [0, 0.05) is 18.5 Å². The number of carbonyl (C=O) groups excluding carboxylic acids is 1. The molecule has 16 heavy (non-hydrogen) atoms. The lowest BCUT2D eigenvalue weighted by Gasteiger charge is -2.17. The Bertz CT molecular complexity index is 248. The number of rotatable bonds is 7. The van der Waals surface area contributed by atoms with Crippen molar-refractivity contribution in [2.24, 2.45) is 11.5 Å². The Balaban J connectivity index is 3.60. The Morgan fingerprint density at radius 1 is 1.44 bits per heavy atom. The summed E-state index contributed by atoms with van der Waals surface area (Å²) in [4.78, 5) is 21.7. The van der Waals surface area contributed by atoms with Crippen molar-refractivity contribution in [3.8, 4) is 0 Å². The molecule has 0 spiro atoms. The van der Waals surface area contributed by atoms with E-state index in [4.69, 9.17) is 16.6 Å². The second-order valence-corrected chi connectivity index (χ2v) is 4.60. The van der Waals surface area contributed by atoms with E-state index in [9.17, 15) is 9.59 Å². The average molecular weight is 231 g/mol. The van der Waals surface area contributed by atoms with Gasteiger partial charge in [-0.3, -0.25) is 9.59 Å². The van der Waals surface area contributed by atoms with Crippen LogP contribution in [0.25, 0.3) is 0 Å². The predicted octanol–water partition coefficient (Wildman–Crippen LogP) is -0.578. The molecule has 0 aromatic rings. The molecule has 0 heterocycles. The minimum absolute atomic E-state index is 0.128. The Labute approximate surface area is 95.4 Å². The molecule has 0 saturated heterocycles. The summed E-state index contributed by atoms with van der Waals surface area (Å²) in [7, 11) is 0. The molecule has 0 radical (unpaired) electrons. The SMILES string of the molecule is CC(C)(N)CC(=O)NCCCC(N)C(=O)O. The van der Waals surface area contributed by atoms with Crippen LogP contribution in [0.1, 0.15) is 33.1 Å². The second kappa shape index (κ2) is 6.44. The first-order valence-electron chi connectivity index (χ1n) is 5.26. The largest absolute Gasteiger partial charge is 0.480 e. The highest BCUT2D eigenvalue weighted by atomic mass is 16.4. The van der Waals surface area contributed by atoms with Crippen LogP contribution in [-0.2, 0) is 9.59 Å². The van der Waals surface area contributed by atoms with Crippen LogP contribution in [0.3, 0.4) is 0 Å². The molecule has 0 aromatic carbocycles. The number of nitrogens with two attached hydrogens (primary N) is 2. The minimum Gasteiger partial charge on any atom is -0.480 e. The molecule has 0 bridgehead atoms. The van der Waals surface area contributed by atoms with Crippen LogP contribution < -0.4 is 16.8 Å². The van der Waals surface area contributed by atoms with Gasteiger partial charge >= 0.3 is 5.97 Å². The summed E-state index contributed by atoms with van der Waals surface area (Å²) in [5.74, 6) is -1.15. The van der Waals surface area contributed by atoms with Crippen LogP contribution >= 0.6 is 0 Å². The third-order valence-electron chi connectivity index (χ3n) is 1.95. The van der Waals surface area contributed by atoms with Crippen LogP contribution in [-0.4, -0.2) is 35.1 Å². The topological polar surface area (TPSA) is 118 Å². The van der Waals surface area contributed by atoms with Crippen molar-refractivity contribution in [2.75, 3.05) is 6.54 Å². The molecule has 1 amide bonds. The van der Waals surface area contributed by atoms with Gasteiger partial charge in [0.2, 0.25) is 5.91 Å². The lowest BCUT2D eigenvalue weighted by molar-refractivity contribution is -0.138. The van der Waals surface area contributed by atoms with E-state index >= 15 is 0 Å². The van der Waals surface area contributed by atoms with Gasteiger partial charge in [0.1, 0.15) is 6.04 Å². The maximum atomic E-state index is 11.3. The molecule has 0 aliphatic carbocycles. The van der Waals surface area contributed by atoms with Gasteiger partial charge in [-0.15, -0.1) is 0 Å². The number of aliphatic carboxylic acids is 1. The molecule has 0 aliphatic rings. The molecule has 0 aliphatic heterocycles. The quantitative estimate of drug-likeness (QED) is 0.437. The van der Waals surface area contributed by atoms with E-state index in [-0.39, 0.29) is 12.3 Å². The molecular formula is C10H21N3O3. The summed E-state index contributed by atoms with van der Waals surface area (Å²) in [5, 5.41) is 11.2. The molecule has 0 aromatic heterocycles. The molecule has 0 saturated carbocycles. The first-order valence-corrected chi connectivity index (χ1v) is 5.26. The molecule has 6 N–H and O–H groups in total. The third kappa shape index (κ3) is 8.19. The van der Waals surface area contributed by atoms with Crippen molar-refractivity contribution < 1.29 is 14.7 Å². The lowest BCUT2D eigenvalue weighted by Crippen LogP contribution is -2.39. The Hall–Kier alpha value is -1.14. The van der Waals surface area contributed by atoms with Crippen molar-refractivity contribution in [3.63, 3.8) is 0 Å². The fourth-order valence-corrected chi connectivity index (χ4v) is 1.15. The normalized spacial score (nSPS) is 13.2. The zero-order chi connectivity index (χ0) is 12.8. The average Bonchev–Trinajstić information content (AvgIpc) is 2.08. The molecule has 0 rings (SSSR count). The highest BCUT2D eigenvalue weighted by Gasteiger charge is 2.16. The van der Waals surface area contributed by atoms with Crippen molar-refractivity contribution in [1.29, 1.82) is 0 Å². The Morgan fingerprint density at radius 3 is 2.44 bits per heavy atom. The maximum Gasteiger partial charge on any atom is 0.320 e. The van der Waals surface area contributed by atoms with Crippen LogP contribution in [0.4, 0.5) is 0 Å². The number of carboxylic acid groups (broad SMARTS) is 1. The summed E-state index contributed by atoms with van der Waals surface area (Å²) in [6.45, 7) is 3.97. The first kappa shape index (κ1) is 14.9. The van der Waals surface area contributed by atoms with E-state index in [1.807, 2.05) is 0 Å². The van der Waals surface area contributed by atoms with E-state index in [0.29, 0.717) is 19.4 Å². The van der Waals surface area contributed by atoms with Crippen molar-refractivity contribution in [2.45, 2.75) is 44.7 Å². The van der Waals surface area contributed by atoms with Gasteiger partial charge < -0.3 is 21.9 Å². The number of nitrogens with one attached hydrogen (secondary N) is 1. The van der Waals surface area contributed by atoms with Gasteiger partial charge in [-0.25, -0.2) is 0 Å². The Morgan fingerprint density at radius 2 is 2.00 bits per heavy atom. The summed E-state index contributed by atoms with van der Waals surface area (Å²) >= 11 is 0. The van der Waals surface area contributed by atoms with Crippen LogP contribution in [0.15, 0.2) is 0 Å². The van der Waals surface area contributed by atoms with Gasteiger partial charge in [0.25, 0.3) is 0 Å². The van der Waals surface area contributed by atoms with E-state index < -0.39 is 17.6 Å². The van der Waals surface area contributed by atoms with Crippen molar-refractivity contribution >= 4 is 11.9 Å². The third-order valence-corrected chi connectivity index (χ3v) is 1.95. The van der Waals surface area contributed by atoms with E-state index in [2.05, 4.69) is 5.32 Å². The lowest BCUT2D eigenvalue weighted by atomic mass is 10.0. The molecular weight excluding hydrogens is 210 g/mol. The van der Waals surface area contributed by atoms with Crippen molar-refractivity contribution in [1.82, 2.24) is 5.32 Å². The van der Waals surface area contributed by atoms with Gasteiger partial charge in [-0.05, 0) is 26.7 Å². The molecule has 6 nitrogen and oxygen atoms in total. The molecule has 1 unspecified atom stereocenters. The van der Waals surface area contributed by atoms with E-state index in [0.717, 1.165) is 0 Å². The summed E-state index contributed by atoms with van der Waals surface area (Å²) < 4.78 is 0. The molecule has 6 heteroatoms. The highest BCUT2D eigenvalue weighted by Crippen LogP contribution is 2.02. The predicted molar refractivity (Wildman–Crippen MR) is 60.7 cm³/mol. The zero-order valence-electron chi connectivity index (χ0n) is 9.82. The monoisotopic (exact) mass is 231 g/mol. The summed E-state index contributed by atoms with van der Waals surface area (Å²) in [6.07, 6.45) is 1.14. The number of amides is 1. The smallest absolute Gasteiger partial charge is 0.320 e. The van der Waals surface area contributed by atoms with Gasteiger partial charge in [-0.2, -0.15) is 0 Å². The van der Waals surface area contributed by atoms with Gasteiger partial charge in [0.15, 0.2) is 0 Å². The number of carboxylic acids is 1. The van der Waals surface area contributed by atoms with E-state index in [1.165, 1.54) is 0 Å². The molecule has 0 fully saturated rings. The second-order valence-electron chi connectivity index (χ2n) is 4.60. The number of hydrogen-bond acceptors (Lipinski definition) is 4. The van der Waals surface area contributed by atoms with Crippen LogP contribution in [0.5, 0.6) is 0 Å².